The van der Waals surface area contributed by atoms with E-state index in [1.165, 1.54) is 0 Å². The fourth-order valence-electron chi connectivity index (χ4n) is 4.24. The molecule has 5 rings (SSSR count). The predicted octanol–water partition coefficient (Wildman–Crippen LogP) is 4.52. The zero-order chi connectivity index (χ0) is 22.1. The molecular weight excluding hydrogens is 404 g/mol. The molecule has 3 aromatic rings. The van der Waals surface area contributed by atoms with Gasteiger partial charge in [0.2, 0.25) is 5.91 Å². The van der Waals surface area contributed by atoms with Crippen LogP contribution in [0.1, 0.15) is 50.8 Å². The minimum Gasteiger partial charge on any atom is -0.454 e. The van der Waals surface area contributed by atoms with Gasteiger partial charge in [0.25, 0.3) is 5.91 Å². The van der Waals surface area contributed by atoms with E-state index in [1.807, 2.05) is 42.5 Å². The Hall–Kier alpha value is -3.93. The molecule has 3 aromatic carbocycles. The first-order valence-electron chi connectivity index (χ1n) is 10.7. The molecule has 2 aliphatic heterocycles. The maximum Gasteiger partial charge on any atom is 0.339 e. The minimum atomic E-state index is -0.376. The van der Waals surface area contributed by atoms with Gasteiger partial charge in [0.15, 0.2) is 0 Å². The van der Waals surface area contributed by atoms with Crippen LogP contribution in [0, 0.1) is 0 Å². The van der Waals surface area contributed by atoms with Crippen LogP contribution in [0.5, 0.6) is 0 Å². The van der Waals surface area contributed by atoms with Crippen molar-refractivity contribution in [1.82, 2.24) is 0 Å². The quantitative estimate of drug-likeness (QED) is 0.623. The number of amides is 2. The summed E-state index contributed by atoms with van der Waals surface area (Å²) in [5.74, 6) is -0.504. The van der Waals surface area contributed by atoms with Gasteiger partial charge in [-0.1, -0.05) is 30.3 Å². The molecule has 32 heavy (non-hydrogen) atoms. The van der Waals surface area contributed by atoms with Crippen LogP contribution in [-0.2, 0) is 16.0 Å². The number of carbonyl (C=O) groups is 3. The summed E-state index contributed by atoms with van der Waals surface area (Å²) in [6.07, 6.45) is 1.60. The number of fused-ring (bicyclic) bond motifs is 1. The highest BCUT2D eigenvalue weighted by atomic mass is 16.5. The van der Waals surface area contributed by atoms with Gasteiger partial charge >= 0.3 is 5.97 Å². The minimum absolute atomic E-state index is 0.128. The van der Waals surface area contributed by atoms with E-state index < -0.39 is 0 Å². The molecule has 6 nitrogen and oxygen atoms in total. The van der Waals surface area contributed by atoms with E-state index in [4.69, 9.17) is 4.74 Å². The van der Waals surface area contributed by atoms with Crippen LogP contribution in [-0.4, -0.2) is 24.3 Å². The number of anilines is 2. The summed E-state index contributed by atoms with van der Waals surface area (Å²) in [5.41, 5.74) is 4.18. The Morgan fingerprint density at radius 2 is 1.75 bits per heavy atom. The van der Waals surface area contributed by atoms with Crippen molar-refractivity contribution >= 4 is 29.2 Å². The molecule has 1 saturated heterocycles. The highest BCUT2D eigenvalue weighted by Crippen LogP contribution is 2.31. The van der Waals surface area contributed by atoms with E-state index in [1.54, 1.807) is 35.2 Å². The van der Waals surface area contributed by atoms with Crippen LogP contribution in [0.2, 0.25) is 0 Å². The number of rotatable bonds is 4. The number of cyclic esters (lactones) is 1. The average Bonchev–Trinajstić information content (AvgIpc) is 3.25. The Kier molecular flexibility index (Phi) is 5.19. The Morgan fingerprint density at radius 3 is 2.47 bits per heavy atom. The number of esters is 1. The zero-order valence-electron chi connectivity index (χ0n) is 17.4. The molecule has 0 saturated carbocycles. The van der Waals surface area contributed by atoms with Crippen molar-refractivity contribution in [3.63, 3.8) is 0 Å². The van der Waals surface area contributed by atoms with Gasteiger partial charge in [0.05, 0.1) is 5.56 Å². The topological polar surface area (TPSA) is 75.7 Å². The molecule has 160 valence electrons. The Bertz CT molecular complexity index is 1190. The summed E-state index contributed by atoms with van der Waals surface area (Å²) in [5, 5.41) is 2.89. The Morgan fingerprint density at radius 1 is 0.969 bits per heavy atom. The van der Waals surface area contributed by atoms with Gasteiger partial charge in [-0.3, -0.25) is 9.59 Å². The smallest absolute Gasteiger partial charge is 0.339 e. The third-order valence-corrected chi connectivity index (χ3v) is 5.92. The number of hydrogen-bond acceptors (Lipinski definition) is 4. The van der Waals surface area contributed by atoms with Crippen LogP contribution < -0.4 is 10.2 Å². The lowest BCUT2D eigenvalue weighted by Crippen LogP contribution is -2.23. The normalized spacial score (nSPS) is 17.6. The largest absolute Gasteiger partial charge is 0.454 e. The summed E-state index contributed by atoms with van der Waals surface area (Å²) < 4.78 is 5.59. The molecule has 0 aliphatic carbocycles. The van der Waals surface area contributed by atoms with E-state index in [0.717, 1.165) is 29.8 Å². The molecule has 2 amide bonds. The lowest BCUT2D eigenvalue weighted by molar-refractivity contribution is -0.117. The monoisotopic (exact) mass is 426 g/mol. The first-order chi connectivity index (χ1) is 15.6. The van der Waals surface area contributed by atoms with Crippen LogP contribution in [0.4, 0.5) is 11.4 Å². The molecule has 2 aliphatic rings. The summed E-state index contributed by atoms with van der Waals surface area (Å²) in [6, 6.07) is 21.9. The first kappa shape index (κ1) is 20.0. The fraction of sp³-hybridized carbons (Fsp3) is 0.192. The number of benzene rings is 3. The molecular formula is C26H22N2O4. The first-order valence-corrected chi connectivity index (χ1v) is 10.7. The van der Waals surface area contributed by atoms with Crippen LogP contribution >= 0.6 is 0 Å². The van der Waals surface area contributed by atoms with Crippen molar-refractivity contribution in [3.05, 3.63) is 95.1 Å². The van der Waals surface area contributed by atoms with Gasteiger partial charge in [-0.25, -0.2) is 4.79 Å². The maximum atomic E-state index is 12.8. The van der Waals surface area contributed by atoms with Crippen LogP contribution in [0.25, 0.3) is 0 Å². The lowest BCUT2D eigenvalue weighted by Gasteiger charge is -2.25. The van der Waals surface area contributed by atoms with Crippen molar-refractivity contribution in [2.75, 3.05) is 16.8 Å². The maximum absolute atomic E-state index is 12.8. The summed E-state index contributed by atoms with van der Waals surface area (Å²) in [6.45, 7) is 0.728. The molecule has 2 heterocycles. The molecule has 0 unspecified atom stereocenters. The van der Waals surface area contributed by atoms with Gasteiger partial charge < -0.3 is 15.0 Å². The van der Waals surface area contributed by atoms with E-state index in [0.29, 0.717) is 29.7 Å². The van der Waals surface area contributed by atoms with Gasteiger partial charge in [0.1, 0.15) is 6.10 Å². The van der Waals surface area contributed by atoms with Crippen molar-refractivity contribution in [1.29, 1.82) is 0 Å². The Balaban J connectivity index is 1.32. The molecule has 0 radical (unpaired) electrons. The second-order valence-electron chi connectivity index (χ2n) is 8.03. The number of ether oxygens (including phenoxy) is 1. The summed E-state index contributed by atoms with van der Waals surface area (Å²) in [7, 11) is 0. The van der Waals surface area contributed by atoms with E-state index in [9.17, 15) is 14.4 Å². The van der Waals surface area contributed by atoms with Gasteiger partial charge in [-0.2, -0.15) is 0 Å². The Labute approximate surface area is 185 Å². The third kappa shape index (κ3) is 3.87. The molecule has 1 N–H and O–H groups in total. The zero-order valence-corrected chi connectivity index (χ0v) is 17.4. The van der Waals surface area contributed by atoms with Gasteiger partial charge in [0, 0.05) is 36.3 Å². The van der Waals surface area contributed by atoms with Crippen molar-refractivity contribution < 1.29 is 19.1 Å². The van der Waals surface area contributed by atoms with E-state index in [-0.39, 0.29) is 23.9 Å². The highest BCUT2D eigenvalue weighted by molar-refractivity contribution is 6.05. The molecule has 0 aromatic heterocycles. The van der Waals surface area contributed by atoms with Crippen molar-refractivity contribution in [2.45, 2.75) is 25.4 Å². The SMILES string of the molecule is O=C(Nc1ccc(N2CCCC2=O)cc1)c1ccc2c(c1)C[C@@H](c1ccccc1)OC2=O. The number of carbonyl (C=O) groups excluding carboxylic acids is 3. The molecule has 1 fully saturated rings. The molecule has 6 heteroatoms. The number of hydrogen-bond donors (Lipinski definition) is 1. The van der Waals surface area contributed by atoms with Gasteiger partial charge in [-0.15, -0.1) is 0 Å². The second-order valence-corrected chi connectivity index (χ2v) is 8.03. The molecule has 0 spiro atoms. The van der Waals surface area contributed by atoms with Crippen molar-refractivity contribution in [3.8, 4) is 0 Å². The van der Waals surface area contributed by atoms with E-state index >= 15 is 0 Å². The number of nitrogens with zero attached hydrogens (tertiary/aromatic N) is 1. The molecule has 1 atom stereocenters. The van der Waals surface area contributed by atoms with Gasteiger partial charge in [-0.05, 0) is 60.0 Å². The van der Waals surface area contributed by atoms with Crippen molar-refractivity contribution in [2.24, 2.45) is 0 Å². The average molecular weight is 426 g/mol. The summed E-state index contributed by atoms with van der Waals surface area (Å²) >= 11 is 0. The molecule has 0 bridgehead atoms. The predicted molar refractivity (Wildman–Crippen MR) is 121 cm³/mol. The third-order valence-electron chi connectivity index (χ3n) is 5.92. The highest BCUT2D eigenvalue weighted by Gasteiger charge is 2.28. The fourth-order valence-corrected chi connectivity index (χ4v) is 4.24. The lowest BCUT2D eigenvalue weighted by atomic mass is 9.93. The summed E-state index contributed by atoms with van der Waals surface area (Å²) in [4.78, 5) is 39.0. The van der Waals surface area contributed by atoms with Crippen LogP contribution in [0.3, 0.4) is 0 Å². The van der Waals surface area contributed by atoms with E-state index in [2.05, 4.69) is 5.32 Å². The van der Waals surface area contributed by atoms with Crippen LogP contribution in [0.15, 0.2) is 72.8 Å². The second kappa shape index (κ2) is 8.30. The number of nitrogens with one attached hydrogen (secondary N) is 1. The standard InChI is InChI=1S/C26H22N2O4/c29-24-7-4-14-28(24)21-11-9-20(10-12-21)27-25(30)18-8-13-22-19(15-18)16-23(32-26(22)31)17-5-2-1-3-6-17/h1-3,5-6,8-13,15,23H,4,7,14,16H2,(H,27,30)/t23-/m0/s1.